The van der Waals surface area contributed by atoms with E-state index >= 15 is 0 Å². The first-order valence-electron chi connectivity index (χ1n) is 6.00. The Bertz CT molecular complexity index is 529. The van der Waals surface area contributed by atoms with Gasteiger partial charge in [0.1, 0.15) is 5.82 Å². The highest BCUT2D eigenvalue weighted by Gasteiger charge is 2.12. The van der Waals surface area contributed by atoms with Crippen LogP contribution < -0.4 is 5.32 Å². The minimum absolute atomic E-state index is 0.690. The van der Waals surface area contributed by atoms with Crippen LogP contribution in [0.25, 0.3) is 0 Å². The Balaban J connectivity index is 1.98. The van der Waals surface area contributed by atoms with E-state index in [2.05, 4.69) is 22.3 Å². The summed E-state index contributed by atoms with van der Waals surface area (Å²) < 4.78 is 3.84. The molecule has 0 bridgehead atoms. The minimum Gasteiger partial charge on any atom is -0.337 e. The molecule has 0 aliphatic carbocycles. The number of nitrogens with zero attached hydrogens (tertiary/aromatic N) is 4. The summed E-state index contributed by atoms with van der Waals surface area (Å²) >= 11 is 6.28. The van der Waals surface area contributed by atoms with Crippen LogP contribution in [-0.2, 0) is 33.6 Å². The first-order chi connectivity index (χ1) is 8.63. The maximum atomic E-state index is 6.28. The van der Waals surface area contributed by atoms with Crippen molar-refractivity contribution in [3.63, 3.8) is 0 Å². The molecule has 6 heteroatoms. The number of halogens is 1. The smallest absolute Gasteiger partial charge is 0.122 e. The van der Waals surface area contributed by atoms with Gasteiger partial charge in [-0.05, 0) is 6.42 Å². The average Bonchev–Trinajstić information content (AvgIpc) is 2.87. The van der Waals surface area contributed by atoms with Gasteiger partial charge in [-0.1, -0.05) is 18.5 Å². The Labute approximate surface area is 112 Å². The maximum Gasteiger partial charge on any atom is 0.122 e. The molecule has 0 amide bonds. The molecule has 0 spiro atoms. The summed E-state index contributed by atoms with van der Waals surface area (Å²) in [6, 6.07) is 0. The number of hydrogen-bond acceptors (Lipinski definition) is 3. The van der Waals surface area contributed by atoms with Gasteiger partial charge in [0.05, 0.1) is 23.0 Å². The standard InChI is InChI=1S/C12H18ClN5/c1-4-9-12(13)10(18(3)16-9)7-14-8-11-15-5-6-17(11)2/h5-6,14H,4,7-8H2,1-3H3. The zero-order chi connectivity index (χ0) is 13.1. The summed E-state index contributed by atoms with van der Waals surface area (Å²) in [4.78, 5) is 4.26. The van der Waals surface area contributed by atoms with Crippen LogP contribution >= 0.6 is 11.6 Å². The Morgan fingerprint density at radius 1 is 1.33 bits per heavy atom. The van der Waals surface area contributed by atoms with Gasteiger partial charge in [0.25, 0.3) is 0 Å². The van der Waals surface area contributed by atoms with E-state index in [4.69, 9.17) is 11.6 Å². The van der Waals surface area contributed by atoms with Crippen molar-refractivity contribution in [2.75, 3.05) is 0 Å². The molecule has 2 rings (SSSR count). The van der Waals surface area contributed by atoms with Gasteiger partial charge in [0.15, 0.2) is 0 Å². The molecule has 0 fully saturated rings. The fraction of sp³-hybridized carbons (Fsp3) is 0.500. The lowest BCUT2D eigenvalue weighted by Crippen LogP contribution is -2.17. The summed E-state index contributed by atoms with van der Waals surface area (Å²) in [6.07, 6.45) is 4.58. The molecule has 0 aromatic carbocycles. The third kappa shape index (κ3) is 2.57. The van der Waals surface area contributed by atoms with Crippen molar-refractivity contribution < 1.29 is 0 Å². The molecule has 0 aliphatic rings. The minimum atomic E-state index is 0.690. The quantitative estimate of drug-likeness (QED) is 0.896. The molecule has 98 valence electrons. The van der Waals surface area contributed by atoms with Gasteiger partial charge in [-0.15, -0.1) is 0 Å². The van der Waals surface area contributed by atoms with E-state index in [1.807, 2.05) is 29.5 Å². The summed E-state index contributed by atoms with van der Waals surface area (Å²) in [6.45, 7) is 3.46. The molecule has 18 heavy (non-hydrogen) atoms. The predicted molar refractivity (Wildman–Crippen MR) is 71.3 cm³/mol. The van der Waals surface area contributed by atoms with Gasteiger partial charge in [-0.2, -0.15) is 5.10 Å². The van der Waals surface area contributed by atoms with Gasteiger partial charge in [-0.3, -0.25) is 4.68 Å². The van der Waals surface area contributed by atoms with Crippen molar-refractivity contribution in [1.82, 2.24) is 24.6 Å². The molecule has 1 N–H and O–H groups in total. The van der Waals surface area contributed by atoms with E-state index in [9.17, 15) is 0 Å². The Kier molecular flexibility index (Phi) is 4.04. The monoisotopic (exact) mass is 267 g/mol. The van der Waals surface area contributed by atoms with Crippen LogP contribution in [0.2, 0.25) is 5.02 Å². The number of aryl methyl sites for hydroxylation is 3. The van der Waals surface area contributed by atoms with Gasteiger partial charge in [0, 0.05) is 33.0 Å². The second-order valence-electron chi connectivity index (χ2n) is 4.24. The second-order valence-corrected chi connectivity index (χ2v) is 4.62. The number of hydrogen-bond donors (Lipinski definition) is 1. The number of rotatable bonds is 5. The van der Waals surface area contributed by atoms with Crippen LogP contribution in [0.4, 0.5) is 0 Å². The normalized spacial score (nSPS) is 11.1. The molecule has 0 aliphatic heterocycles. The molecule has 2 heterocycles. The van der Waals surface area contributed by atoms with Crippen molar-refractivity contribution in [3.05, 3.63) is 34.6 Å². The van der Waals surface area contributed by atoms with Crippen molar-refractivity contribution in [1.29, 1.82) is 0 Å². The van der Waals surface area contributed by atoms with E-state index < -0.39 is 0 Å². The highest BCUT2D eigenvalue weighted by molar-refractivity contribution is 6.31. The molecular weight excluding hydrogens is 250 g/mol. The first kappa shape index (κ1) is 13.1. The SMILES string of the molecule is CCc1nn(C)c(CNCc2nccn2C)c1Cl. The van der Waals surface area contributed by atoms with Crippen molar-refractivity contribution in [3.8, 4) is 0 Å². The van der Waals surface area contributed by atoms with E-state index in [0.29, 0.717) is 13.1 Å². The van der Waals surface area contributed by atoms with Gasteiger partial charge in [-0.25, -0.2) is 4.98 Å². The molecular formula is C12H18ClN5. The average molecular weight is 268 g/mol. The number of nitrogens with one attached hydrogen (secondary N) is 1. The zero-order valence-electron chi connectivity index (χ0n) is 10.9. The highest BCUT2D eigenvalue weighted by atomic mass is 35.5. The van der Waals surface area contributed by atoms with Crippen LogP contribution in [0.3, 0.4) is 0 Å². The number of aromatic nitrogens is 4. The van der Waals surface area contributed by atoms with Crippen LogP contribution in [-0.4, -0.2) is 19.3 Å². The molecule has 0 saturated carbocycles. The second kappa shape index (κ2) is 5.54. The molecule has 0 unspecified atom stereocenters. The zero-order valence-corrected chi connectivity index (χ0v) is 11.7. The Morgan fingerprint density at radius 2 is 2.11 bits per heavy atom. The van der Waals surface area contributed by atoms with Gasteiger partial charge in [0.2, 0.25) is 0 Å². The third-order valence-electron chi connectivity index (χ3n) is 3.00. The van der Waals surface area contributed by atoms with Crippen LogP contribution in [0.15, 0.2) is 12.4 Å². The van der Waals surface area contributed by atoms with E-state index in [1.54, 1.807) is 6.20 Å². The maximum absolute atomic E-state index is 6.28. The van der Waals surface area contributed by atoms with E-state index in [-0.39, 0.29) is 0 Å². The van der Waals surface area contributed by atoms with Crippen molar-refractivity contribution in [2.24, 2.45) is 14.1 Å². The summed E-state index contributed by atoms with van der Waals surface area (Å²) in [5, 5.41) is 8.49. The van der Waals surface area contributed by atoms with E-state index in [1.165, 1.54) is 0 Å². The Morgan fingerprint density at radius 3 is 2.67 bits per heavy atom. The first-order valence-corrected chi connectivity index (χ1v) is 6.38. The highest BCUT2D eigenvalue weighted by Crippen LogP contribution is 2.20. The predicted octanol–water partition coefficient (Wildman–Crippen LogP) is 1.66. The van der Waals surface area contributed by atoms with Crippen LogP contribution in [0, 0.1) is 0 Å². The lowest BCUT2D eigenvalue weighted by Gasteiger charge is -2.06. The van der Waals surface area contributed by atoms with Gasteiger partial charge >= 0.3 is 0 Å². The lowest BCUT2D eigenvalue weighted by molar-refractivity contribution is 0.598. The molecule has 2 aromatic heterocycles. The molecule has 0 atom stereocenters. The molecule has 2 aromatic rings. The fourth-order valence-electron chi connectivity index (χ4n) is 1.87. The summed E-state index contributed by atoms with van der Waals surface area (Å²) in [7, 11) is 3.90. The van der Waals surface area contributed by atoms with Crippen LogP contribution in [0.5, 0.6) is 0 Å². The van der Waals surface area contributed by atoms with Crippen molar-refractivity contribution in [2.45, 2.75) is 26.4 Å². The largest absolute Gasteiger partial charge is 0.337 e. The lowest BCUT2D eigenvalue weighted by atomic mass is 10.3. The Hall–Kier alpha value is -1.33. The summed E-state index contributed by atoms with van der Waals surface area (Å²) in [5.74, 6) is 1.00. The summed E-state index contributed by atoms with van der Waals surface area (Å²) in [5.41, 5.74) is 1.97. The van der Waals surface area contributed by atoms with Crippen molar-refractivity contribution >= 4 is 11.6 Å². The van der Waals surface area contributed by atoms with Crippen LogP contribution in [0.1, 0.15) is 24.1 Å². The molecule has 0 radical (unpaired) electrons. The number of imidazole rings is 1. The fourth-order valence-corrected chi connectivity index (χ4v) is 2.23. The van der Waals surface area contributed by atoms with Gasteiger partial charge < -0.3 is 9.88 Å². The van der Waals surface area contributed by atoms with E-state index in [0.717, 1.165) is 28.7 Å². The molecule has 0 saturated heterocycles. The topological polar surface area (TPSA) is 47.7 Å². The molecule has 5 nitrogen and oxygen atoms in total. The third-order valence-corrected chi connectivity index (χ3v) is 3.44.